The minimum Gasteiger partial charge on any atom is -0.397 e. The fourth-order valence-corrected chi connectivity index (χ4v) is 2.72. The Morgan fingerprint density at radius 1 is 1.39 bits per heavy atom. The number of carbonyl (C=O) groups is 1. The van der Waals surface area contributed by atoms with Crippen LogP contribution in [-0.4, -0.2) is 10.8 Å². The highest BCUT2D eigenvalue weighted by Crippen LogP contribution is 2.37. The Morgan fingerprint density at radius 2 is 2.11 bits per heavy atom. The summed E-state index contributed by atoms with van der Waals surface area (Å²) in [6.45, 7) is 1.89. The second-order valence-corrected chi connectivity index (χ2v) is 4.93. The quantitative estimate of drug-likeness (QED) is 0.831. The molecule has 2 rings (SSSR count). The Kier molecular flexibility index (Phi) is 4.13. The minimum absolute atomic E-state index is 0.197. The lowest BCUT2D eigenvalue weighted by Crippen LogP contribution is -2.20. The van der Waals surface area contributed by atoms with E-state index < -0.39 is 0 Å². The number of hydrogen-bond donors (Lipinski definition) is 1. The molecule has 3 nitrogen and oxygen atoms in total. The fraction of sp³-hybridized carbons (Fsp3) is 0.467. The molecule has 0 atom stereocenters. The SMILES string of the molecule is C/C=C/C(=O)C1CCC(c2ncccc2N)CC1. The Morgan fingerprint density at radius 3 is 2.72 bits per heavy atom. The average Bonchev–Trinajstić information content (AvgIpc) is 2.40. The maximum atomic E-state index is 11.8. The molecule has 1 aromatic rings. The van der Waals surface area contributed by atoms with Gasteiger partial charge >= 0.3 is 0 Å². The predicted molar refractivity (Wildman–Crippen MR) is 73.2 cm³/mol. The summed E-state index contributed by atoms with van der Waals surface area (Å²) in [5, 5.41) is 0. The Bertz CT molecular complexity index is 446. The first kappa shape index (κ1) is 12.8. The summed E-state index contributed by atoms with van der Waals surface area (Å²) >= 11 is 0. The summed E-state index contributed by atoms with van der Waals surface area (Å²) in [6, 6.07) is 3.76. The summed E-state index contributed by atoms with van der Waals surface area (Å²) in [6.07, 6.45) is 9.23. The molecule has 0 saturated heterocycles. The number of rotatable bonds is 3. The molecule has 96 valence electrons. The number of aromatic nitrogens is 1. The zero-order chi connectivity index (χ0) is 13.0. The van der Waals surface area contributed by atoms with E-state index in [1.165, 1.54) is 0 Å². The van der Waals surface area contributed by atoms with Crippen molar-refractivity contribution in [2.24, 2.45) is 5.92 Å². The maximum absolute atomic E-state index is 11.8. The van der Waals surface area contributed by atoms with E-state index in [0.29, 0.717) is 5.92 Å². The van der Waals surface area contributed by atoms with Crippen molar-refractivity contribution in [2.45, 2.75) is 38.5 Å². The van der Waals surface area contributed by atoms with Crippen molar-refractivity contribution >= 4 is 11.5 Å². The molecule has 18 heavy (non-hydrogen) atoms. The third kappa shape index (κ3) is 2.78. The average molecular weight is 244 g/mol. The van der Waals surface area contributed by atoms with Crippen molar-refractivity contribution < 1.29 is 4.79 Å². The molecule has 0 aliphatic heterocycles. The molecule has 0 spiro atoms. The molecule has 0 unspecified atom stereocenters. The number of carbonyl (C=O) groups excluding carboxylic acids is 1. The lowest BCUT2D eigenvalue weighted by atomic mass is 9.78. The van der Waals surface area contributed by atoms with E-state index in [1.54, 1.807) is 12.3 Å². The smallest absolute Gasteiger partial charge is 0.158 e. The molecule has 1 fully saturated rings. The molecular weight excluding hydrogens is 224 g/mol. The van der Waals surface area contributed by atoms with Gasteiger partial charge in [-0.1, -0.05) is 6.08 Å². The van der Waals surface area contributed by atoms with Crippen molar-refractivity contribution in [3.05, 3.63) is 36.2 Å². The Balaban J connectivity index is 1.99. The fourth-order valence-electron chi connectivity index (χ4n) is 2.72. The van der Waals surface area contributed by atoms with Crippen molar-refractivity contribution in [3.63, 3.8) is 0 Å². The van der Waals surface area contributed by atoms with Gasteiger partial charge < -0.3 is 5.73 Å². The zero-order valence-corrected chi connectivity index (χ0v) is 10.8. The third-order valence-corrected chi connectivity index (χ3v) is 3.72. The van der Waals surface area contributed by atoms with Gasteiger partial charge in [-0.25, -0.2) is 0 Å². The highest BCUT2D eigenvalue weighted by atomic mass is 16.1. The van der Waals surface area contributed by atoms with Crippen LogP contribution in [0, 0.1) is 5.92 Å². The van der Waals surface area contributed by atoms with Crippen molar-refractivity contribution in [1.29, 1.82) is 0 Å². The van der Waals surface area contributed by atoms with E-state index in [4.69, 9.17) is 5.73 Å². The molecule has 1 aliphatic rings. The predicted octanol–water partition coefficient (Wildman–Crippen LogP) is 3.08. The number of nitrogens with two attached hydrogens (primary N) is 1. The second kappa shape index (κ2) is 5.80. The van der Waals surface area contributed by atoms with Crippen LogP contribution in [0.2, 0.25) is 0 Å². The van der Waals surface area contributed by atoms with Crippen LogP contribution in [0.25, 0.3) is 0 Å². The third-order valence-electron chi connectivity index (χ3n) is 3.72. The summed E-state index contributed by atoms with van der Waals surface area (Å²) in [7, 11) is 0. The number of pyridine rings is 1. The van der Waals surface area contributed by atoms with Crippen molar-refractivity contribution in [1.82, 2.24) is 4.98 Å². The largest absolute Gasteiger partial charge is 0.397 e. The number of hydrogen-bond acceptors (Lipinski definition) is 3. The summed E-state index contributed by atoms with van der Waals surface area (Å²) in [4.78, 5) is 16.2. The highest BCUT2D eigenvalue weighted by Gasteiger charge is 2.27. The normalized spacial score (nSPS) is 24.3. The number of nitrogens with zero attached hydrogens (tertiary/aromatic N) is 1. The first-order chi connectivity index (χ1) is 8.72. The topological polar surface area (TPSA) is 56.0 Å². The van der Waals surface area contributed by atoms with Gasteiger partial charge in [0.1, 0.15) is 0 Å². The molecule has 1 heterocycles. The Labute approximate surface area is 108 Å². The molecule has 1 aliphatic carbocycles. The van der Waals surface area contributed by atoms with E-state index >= 15 is 0 Å². The molecular formula is C15H20N2O. The van der Waals surface area contributed by atoms with E-state index in [0.717, 1.165) is 37.1 Å². The van der Waals surface area contributed by atoms with Gasteiger partial charge in [-0.2, -0.15) is 0 Å². The van der Waals surface area contributed by atoms with Crippen LogP contribution in [0.1, 0.15) is 44.2 Å². The van der Waals surface area contributed by atoms with Gasteiger partial charge in [0.05, 0.1) is 11.4 Å². The Hall–Kier alpha value is -1.64. The number of allylic oxidation sites excluding steroid dienone is 2. The lowest BCUT2D eigenvalue weighted by molar-refractivity contribution is -0.119. The van der Waals surface area contributed by atoms with Crippen molar-refractivity contribution in [2.75, 3.05) is 5.73 Å². The summed E-state index contributed by atoms with van der Waals surface area (Å²) in [5.74, 6) is 0.883. The monoisotopic (exact) mass is 244 g/mol. The molecule has 0 bridgehead atoms. The van der Waals surface area contributed by atoms with Gasteiger partial charge in [0.2, 0.25) is 0 Å². The zero-order valence-electron chi connectivity index (χ0n) is 10.8. The van der Waals surface area contributed by atoms with E-state index in [2.05, 4.69) is 4.98 Å². The van der Waals surface area contributed by atoms with E-state index in [1.807, 2.05) is 25.1 Å². The van der Waals surface area contributed by atoms with Crippen LogP contribution in [0.3, 0.4) is 0 Å². The molecule has 1 saturated carbocycles. The number of nitrogen functional groups attached to an aromatic ring is 1. The lowest BCUT2D eigenvalue weighted by Gasteiger charge is -2.27. The first-order valence-corrected chi connectivity index (χ1v) is 6.59. The first-order valence-electron chi connectivity index (χ1n) is 6.59. The van der Waals surface area contributed by atoms with Gasteiger partial charge in [0.25, 0.3) is 0 Å². The molecule has 0 aromatic carbocycles. The number of anilines is 1. The van der Waals surface area contributed by atoms with Crippen LogP contribution in [0.5, 0.6) is 0 Å². The highest BCUT2D eigenvalue weighted by molar-refractivity contribution is 5.91. The van der Waals surface area contributed by atoms with Crippen LogP contribution >= 0.6 is 0 Å². The minimum atomic E-state index is 0.197. The van der Waals surface area contributed by atoms with Gasteiger partial charge in [-0.15, -0.1) is 0 Å². The van der Waals surface area contributed by atoms with Crippen LogP contribution < -0.4 is 5.73 Å². The summed E-state index contributed by atoms with van der Waals surface area (Å²) < 4.78 is 0. The van der Waals surface area contributed by atoms with E-state index in [9.17, 15) is 4.79 Å². The molecule has 3 heteroatoms. The molecule has 0 amide bonds. The molecule has 0 radical (unpaired) electrons. The molecule has 1 aromatic heterocycles. The standard InChI is InChI=1S/C15H20N2O/c1-2-4-14(18)11-6-8-12(9-7-11)15-13(16)5-3-10-17-15/h2-5,10-12H,6-9,16H2,1H3/b4-2+. The van der Waals surface area contributed by atoms with Crippen LogP contribution in [0.15, 0.2) is 30.5 Å². The van der Waals surface area contributed by atoms with Gasteiger partial charge in [-0.05, 0) is 50.8 Å². The number of ketones is 1. The van der Waals surface area contributed by atoms with Gasteiger partial charge in [0.15, 0.2) is 5.78 Å². The van der Waals surface area contributed by atoms with Crippen molar-refractivity contribution in [3.8, 4) is 0 Å². The summed E-state index contributed by atoms with van der Waals surface area (Å²) in [5.41, 5.74) is 7.74. The van der Waals surface area contributed by atoms with E-state index in [-0.39, 0.29) is 11.7 Å². The molecule has 2 N–H and O–H groups in total. The van der Waals surface area contributed by atoms with Gasteiger partial charge in [-0.3, -0.25) is 9.78 Å². The van der Waals surface area contributed by atoms with Crippen LogP contribution in [-0.2, 0) is 4.79 Å². The van der Waals surface area contributed by atoms with Crippen LogP contribution in [0.4, 0.5) is 5.69 Å². The maximum Gasteiger partial charge on any atom is 0.158 e. The second-order valence-electron chi connectivity index (χ2n) is 4.93. The van der Waals surface area contributed by atoms with Gasteiger partial charge in [0, 0.05) is 18.0 Å².